The zero-order valence-electron chi connectivity index (χ0n) is 7.71. The summed E-state index contributed by atoms with van der Waals surface area (Å²) in [5, 5.41) is 0. The van der Waals surface area contributed by atoms with Crippen LogP contribution < -0.4 is 0 Å². The van der Waals surface area contributed by atoms with Crippen LogP contribution in [0, 0.1) is 5.92 Å². The van der Waals surface area contributed by atoms with Crippen LogP contribution >= 0.6 is 0 Å². The highest BCUT2D eigenvalue weighted by atomic mass is 15.2. The van der Waals surface area contributed by atoms with E-state index >= 15 is 0 Å². The molecular formula is C10H19N. The number of nitrogens with zero attached hydrogens (tertiary/aromatic N) is 1. The Morgan fingerprint density at radius 3 is 2.82 bits per heavy atom. The number of likely N-dealkylation sites (tertiary alicyclic amines) is 1. The van der Waals surface area contributed by atoms with E-state index in [1.807, 2.05) is 0 Å². The second kappa shape index (κ2) is 2.78. The lowest BCUT2D eigenvalue weighted by Gasteiger charge is -2.25. The van der Waals surface area contributed by atoms with E-state index in [-0.39, 0.29) is 0 Å². The van der Waals surface area contributed by atoms with Crippen LogP contribution in [0.15, 0.2) is 0 Å². The van der Waals surface area contributed by atoms with Gasteiger partial charge in [0, 0.05) is 12.1 Å². The van der Waals surface area contributed by atoms with E-state index in [0.29, 0.717) is 0 Å². The van der Waals surface area contributed by atoms with E-state index in [2.05, 4.69) is 18.7 Å². The second-order valence-electron chi connectivity index (χ2n) is 4.23. The average Bonchev–Trinajstić information content (AvgIpc) is 2.63. The number of fused-ring (bicyclic) bond motifs is 1. The molecule has 0 aromatic carbocycles. The lowest BCUT2D eigenvalue weighted by molar-refractivity contribution is 0.216. The molecule has 0 bridgehead atoms. The van der Waals surface area contributed by atoms with Crippen molar-refractivity contribution >= 4 is 0 Å². The van der Waals surface area contributed by atoms with Gasteiger partial charge in [-0.15, -0.1) is 0 Å². The first-order chi connectivity index (χ1) is 5.33. The highest BCUT2D eigenvalue weighted by Gasteiger charge is 2.47. The minimum absolute atomic E-state index is 0.859. The van der Waals surface area contributed by atoms with Crippen molar-refractivity contribution in [2.24, 2.45) is 5.92 Å². The van der Waals surface area contributed by atoms with Crippen LogP contribution in [0.25, 0.3) is 0 Å². The predicted octanol–water partition coefficient (Wildman–Crippen LogP) is 2.27. The lowest BCUT2D eigenvalue weighted by atomic mass is 10.1. The van der Waals surface area contributed by atoms with Crippen molar-refractivity contribution in [2.75, 3.05) is 6.54 Å². The summed E-state index contributed by atoms with van der Waals surface area (Å²) in [6, 6.07) is 1.87. The number of hydrogen-bond acceptors (Lipinski definition) is 1. The van der Waals surface area contributed by atoms with Gasteiger partial charge in [0.2, 0.25) is 0 Å². The van der Waals surface area contributed by atoms with Crippen molar-refractivity contribution in [1.29, 1.82) is 0 Å². The molecule has 0 N–H and O–H groups in total. The third-order valence-electron chi connectivity index (χ3n) is 3.34. The fourth-order valence-corrected chi connectivity index (χ4v) is 2.56. The summed E-state index contributed by atoms with van der Waals surface area (Å²) in [7, 11) is 0. The molecule has 1 nitrogen and oxygen atoms in total. The van der Waals surface area contributed by atoms with Gasteiger partial charge in [0.25, 0.3) is 0 Å². The first-order valence-electron chi connectivity index (χ1n) is 5.08. The maximum atomic E-state index is 2.73. The number of piperidine rings is 1. The van der Waals surface area contributed by atoms with Crippen molar-refractivity contribution < 1.29 is 0 Å². The molecule has 1 heteroatoms. The zero-order chi connectivity index (χ0) is 7.84. The molecule has 0 amide bonds. The third kappa shape index (κ3) is 1.31. The molecule has 64 valence electrons. The highest BCUT2D eigenvalue weighted by molar-refractivity contribution is 5.02. The lowest BCUT2D eigenvalue weighted by Crippen LogP contribution is -2.32. The summed E-state index contributed by atoms with van der Waals surface area (Å²) in [4.78, 5) is 2.73. The van der Waals surface area contributed by atoms with Crippen molar-refractivity contribution in [1.82, 2.24) is 4.90 Å². The third-order valence-corrected chi connectivity index (χ3v) is 3.34. The monoisotopic (exact) mass is 153 g/mol. The first kappa shape index (κ1) is 7.60. The zero-order valence-corrected chi connectivity index (χ0v) is 7.71. The predicted molar refractivity (Wildman–Crippen MR) is 47.6 cm³/mol. The van der Waals surface area contributed by atoms with Crippen molar-refractivity contribution in [3.8, 4) is 0 Å². The summed E-state index contributed by atoms with van der Waals surface area (Å²) >= 11 is 0. The molecule has 1 heterocycles. The standard InChI is InChI=1S/C10H19N/c1-3-4-8(2)11-6-5-9-7-10(9)11/h8-10H,3-7H2,1-2H3. The maximum absolute atomic E-state index is 2.73. The van der Waals surface area contributed by atoms with Crippen LogP contribution in [0.1, 0.15) is 39.5 Å². The van der Waals surface area contributed by atoms with E-state index in [4.69, 9.17) is 0 Å². The van der Waals surface area contributed by atoms with Gasteiger partial charge in [-0.3, -0.25) is 4.90 Å². The van der Waals surface area contributed by atoms with Crippen molar-refractivity contribution in [3.63, 3.8) is 0 Å². The summed E-state index contributed by atoms with van der Waals surface area (Å²) in [6.45, 7) is 6.07. The molecule has 0 aromatic heterocycles. The quantitative estimate of drug-likeness (QED) is 0.601. The van der Waals surface area contributed by atoms with E-state index in [9.17, 15) is 0 Å². The molecule has 3 unspecified atom stereocenters. The molecule has 3 atom stereocenters. The van der Waals surface area contributed by atoms with Gasteiger partial charge in [0.1, 0.15) is 0 Å². The van der Waals surface area contributed by atoms with E-state index in [0.717, 1.165) is 18.0 Å². The van der Waals surface area contributed by atoms with Gasteiger partial charge in [0.15, 0.2) is 0 Å². The van der Waals surface area contributed by atoms with Gasteiger partial charge in [0.05, 0.1) is 0 Å². The van der Waals surface area contributed by atoms with Gasteiger partial charge in [-0.1, -0.05) is 13.3 Å². The van der Waals surface area contributed by atoms with Crippen LogP contribution in [-0.4, -0.2) is 23.5 Å². The molecule has 0 aromatic rings. The number of rotatable bonds is 3. The van der Waals surface area contributed by atoms with Crippen molar-refractivity contribution in [2.45, 2.75) is 51.6 Å². The minimum Gasteiger partial charge on any atom is -0.297 e. The Balaban J connectivity index is 1.84. The van der Waals surface area contributed by atoms with Crippen LogP contribution in [0.2, 0.25) is 0 Å². The van der Waals surface area contributed by atoms with Gasteiger partial charge in [-0.2, -0.15) is 0 Å². The summed E-state index contributed by atoms with van der Waals surface area (Å²) in [6.07, 6.45) is 5.73. The Bertz CT molecular complexity index is 144. The van der Waals surface area contributed by atoms with E-state index < -0.39 is 0 Å². The fourth-order valence-electron chi connectivity index (χ4n) is 2.56. The molecule has 1 saturated carbocycles. The van der Waals surface area contributed by atoms with E-state index in [1.54, 1.807) is 0 Å². The molecule has 2 fully saturated rings. The molecule has 1 aliphatic heterocycles. The maximum Gasteiger partial charge on any atom is 0.0131 e. The van der Waals surface area contributed by atoms with Crippen LogP contribution in [-0.2, 0) is 0 Å². The van der Waals surface area contributed by atoms with Gasteiger partial charge >= 0.3 is 0 Å². The molecule has 0 spiro atoms. The Morgan fingerprint density at radius 1 is 1.55 bits per heavy atom. The first-order valence-corrected chi connectivity index (χ1v) is 5.08. The van der Waals surface area contributed by atoms with Crippen LogP contribution in [0.4, 0.5) is 0 Å². The average molecular weight is 153 g/mol. The second-order valence-corrected chi connectivity index (χ2v) is 4.23. The normalized spacial score (nSPS) is 38.7. The van der Waals surface area contributed by atoms with Crippen molar-refractivity contribution in [3.05, 3.63) is 0 Å². The smallest absolute Gasteiger partial charge is 0.0131 e. The van der Waals surface area contributed by atoms with E-state index in [1.165, 1.54) is 32.2 Å². The largest absolute Gasteiger partial charge is 0.297 e. The molecular weight excluding hydrogens is 134 g/mol. The highest BCUT2D eigenvalue weighted by Crippen LogP contribution is 2.45. The Kier molecular flexibility index (Phi) is 1.92. The Hall–Kier alpha value is -0.0400. The van der Waals surface area contributed by atoms with Gasteiger partial charge in [-0.25, -0.2) is 0 Å². The molecule has 2 aliphatic rings. The molecule has 0 radical (unpaired) electrons. The summed E-state index contributed by atoms with van der Waals surface area (Å²) < 4.78 is 0. The molecule has 1 aliphatic carbocycles. The summed E-state index contributed by atoms with van der Waals surface area (Å²) in [5.74, 6) is 1.11. The minimum atomic E-state index is 0.859. The number of hydrogen-bond donors (Lipinski definition) is 0. The SMILES string of the molecule is CCCC(C)N1CCC2CC21. The van der Waals surface area contributed by atoms with Crippen LogP contribution in [0.3, 0.4) is 0 Å². The molecule has 11 heavy (non-hydrogen) atoms. The van der Waals surface area contributed by atoms with Gasteiger partial charge < -0.3 is 0 Å². The van der Waals surface area contributed by atoms with Gasteiger partial charge in [-0.05, 0) is 38.6 Å². The molecule has 2 rings (SSSR count). The fraction of sp³-hybridized carbons (Fsp3) is 1.00. The topological polar surface area (TPSA) is 3.24 Å². The Morgan fingerprint density at radius 2 is 2.36 bits per heavy atom. The van der Waals surface area contributed by atoms with Crippen LogP contribution in [0.5, 0.6) is 0 Å². The molecule has 1 saturated heterocycles. The summed E-state index contributed by atoms with van der Waals surface area (Å²) in [5.41, 5.74) is 0. The Labute approximate surface area is 69.8 Å².